The van der Waals surface area contributed by atoms with Crippen molar-refractivity contribution in [2.45, 2.75) is 19.8 Å². The van der Waals surface area contributed by atoms with E-state index in [-0.39, 0.29) is 17.7 Å². The monoisotopic (exact) mass is 302 g/mol. The summed E-state index contributed by atoms with van der Waals surface area (Å²) < 4.78 is 18.0. The van der Waals surface area contributed by atoms with Gasteiger partial charge in [0.25, 0.3) is 0 Å². The predicted octanol–water partition coefficient (Wildman–Crippen LogP) is 3.82. The van der Waals surface area contributed by atoms with Crippen LogP contribution in [0.1, 0.15) is 25.3 Å². The van der Waals surface area contributed by atoms with E-state index < -0.39 is 0 Å². The highest BCUT2D eigenvalue weighted by Gasteiger charge is 2.16. The van der Waals surface area contributed by atoms with Gasteiger partial charge in [0.2, 0.25) is 0 Å². The van der Waals surface area contributed by atoms with Crippen LogP contribution in [0, 0.1) is 5.82 Å². The largest absolute Gasteiger partial charge is 0.466 e. The van der Waals surface area contributed by atoms with Crippen molar-refractivity contribution in [3.8, 4) is 0 Å². The van der Waals surface area contributed by atoms with Gasteiger partial charge < -0.3 is 15.8 Å². The fourth-order valence-electron chi connectivity index (χ4n) is 2.06. The molecule has 3 N–H and O–H groups in total. The maximum Gasteiger partial charge on any atom is 0.313 e. The van der Waals surface area contributed by atoms with Crippen molar-refractivity contribution in [1.82, 2.24) is 0 Å². The number of nitrogen functional groups attached to an aromatic ring is 1. The summed E-state index contributed by atoms with van der Waals surface area (Å²) in [6, 6.07) is 11.6. The molecule has 0 heterocycles. The van der Waals surface area contributed by atoms with Gasteiger partial charge >= 0.3 is 5.97 Å². The Bertz CT molecular complexity index is 656. The molecular formula is C17H19FN2O2. The molecule has 0 aliphatic rings. The average Bonchev–Trinajstić information content (AvgIpc) is 2.50. The molecule has 0 saturated carbocycles. The van der Waals surface area contributed by atoms with Crippen LogP contribution < -0.4 is 11.1 Å². The second-order valence-corrected chi connectivity index (χ2v) is 4.95. The summed E-state index contributed by atoms with van der Waals surface area (Å²) in [6.45, 7) is 3.95. The lowest BCUT2D eigenvalue weighted by atomic mass is 10.0. The number of nitrogens with one attached hydrogen (secondary N) is 1. The number of hydrogen-bond donors (Lipinski definition) is 2. The van der Waals surface area contributed by atoms with Gasteiger partial charge in [-0.1, -0.05) is 12.1 Å². The minimum Gasteiger partial charge on any atom is -0.466 e. The van der Waals surface area contributed by atoms with Crippen molar-refractivity contribution >= 4 is 23.0 Å². The molecule has 2 rings (SSSR count). The zero-order valence-electron chi connectivity index (χ0n) is 12.6. The Morgan fingerprint density at radius 3 is 2.55 bits per heavy atom. The third kappa shape index (κ3) is 3.75. The normalized spacial score (nSPS) is 11.8. The van der Waals surface area contributed by atoms with Gasteiger partial charge in [-0.05, 0) is 49.7 Å². The summed E-state index contributed by atoms with van der Waals surface area (Å²) >= 11 is 0. The molecule has 0 spiro atoms. The van der Waals surface area contributed by atoms with Gasteiger partial charge in [-0.2, -0.15) is 0 Å². The van der Waals surface area contributed by atoms with Crippen LogP contribution in [0.3, 0.4) is 0 Å². The van der Waals surface area contributed by atoms with E-state index in [9.17, 15) is 9.18 Å². The number of anilines is 3. The fourth-order valence-corrected chi connectivity index (χ4v) is 2.06. The molecule has 22 heavy (non-hydrogen) atoms. The van der Waals surface area contributed by atoms with Crippen molar-refractivity contribution < 1.29 is 13.9 Å². The Hall–Kier alpha value is -2.56. The van der Waals surface area contributed by atoms with E-state index >= 15 is 0 Å². The van der Waals surface area contributed by atoms with Crippen LogP contribution in [0.2, 0.25) is 0 Å². The maximum atomic E-state index is 13.0. The highest BCUT2D eigenvalue weighted by Crippen LogP contribution is 2.25. The molecule has 0 fully saturated rings. The number of esters is 1. The first kappa shape index (κ1) is 15.8. The van der Waals surface area contributed by atoms with E-state index in [0.29, 0.717) is 18.0 Å². The summed E-state index contributed by atoms with van der Waals surface area (Å²) in [5, 5.41) is 3.11. The summed E-state index contributed by atoms with van der Waals surface area (Å²) in [6.07, 6.45) is 0. The van der Waals surface area contributed by atoms with E-state index in [1.807, 2.05) is 24.3 Å². The van der Waals surface area contributed by atoms with Crippen LogP contribution in [0.4, 0.5) is 21.5 Å². The van der Waals surface area contributed by atoms with Gasteiger partial charge in [0.1, 0.15) is 5.82 Å². The smallest absolute Gasteiger partial charge is 0.313 e. The molecule has 0 radical (unpaired) electrons. The summed E-state index contributed by atoms with van der Waals surface area (Å²) in [5.41, 5.74) is 8.40. The molecule has 4 nitrogen and oxygen atoms in total. The number of ether oxygens (including phenoxy) is 1. The molecule has 0 amide bonds. The molecule has 2 aromatic rings. The van der Waals surface area contributed by atoms with Crippen molar-refractivity contribution in [2.24, 2.45) is 0 Å². The van der Waals surface area contributed by atoms with Gasteiger partial charge in [-0.3, -0.25) is 4.79 Å². The first-order valence-corrected chi connectivity index (χ1v) is 7.10. The second kappa shape index (κ2) is 6.93. The SMILES string of the molecule is CCOC(=O)C(C)c1ccc(Nc2ccc(F)cc2N)cc1. The van der Waals surface area contributed by atoms with Gasteiger partial charge in [0, 0.05) is 5.69 Å². The number of rotatable bonds is 5. The van der Waals surface area contributed by atoms with Crippen LogP contribution in [0.15, 0.2) is 42.5 Å². The van der Waals surface area contributed by atoms with Gasteiger partial charge in [-0.25, -0.2) is 4.39 Å². The zero-order chi connectivity index (χ0) is 16.1. The lowest BCUT2D eigenvalue weighted by molar-refractivity contribution is -0.144. The molecule has 116 valence electrons. The van der Waals surface area contributed by atoms with Crippen LogP contribution in [0.25, 0.3) is 0 Å². The minimum absolute atomic E-state index is 0.244. The zero-order valence-corrected chi connectivity index (χ0v) is 12.6. The van der Waals surface area contributed by atoms with Crippen molar-refractivity contribution in [1.29, 1.82) is 0 Å². The molecule has 1 atom stereocenters. The second-order valence-electron chi connectivity index (χ2n) is 4.95. The number of halogens is 1. The number of benzene rings is 2. The van der Waals surface area contributed by atoms with Gasteiger partial charge in [-0.15, -0.1) is 0 Å². The molecule has 1 unspecified atom stereocenters. The highest BCUT2D eigenvalue weighted by molar-refractivity contribution is 5.78. The molecule has 0 aromatic heterocycles. The van der Waals surface area contributed by atoms with E-state index in [1.54, 1.807) is 19.9 Å². The Balaban J connectivity index is 2.10. The lowest BCUT2D eigenvalue weighted by Gasteiger charge is -2.13. The molecule has 0 aliphatic heterocycles. The Kier molecular flexibility index (Phi) is 4.99. The number of nitrogens with two attached hydrogens (primary N) is 1. The molecular weight excluding hydrogens is 283 g/mol. The van der Waals surface area contributed by atoms with Crippen molar-refractivity contribution in [2.75, 3.05) is 17.7 Å². The van der Waals surface area contributed by atoms with Crippen LogP contribution >= 0.6 is 0 Å². The Labute approximate surface area is 129 Å². The average molecular weight is 302 g/mol. The Morgan fingerprint density at radius 2 is 1.95 bits per heavy atom. The van der Waals surface area contributed by atoms with E-state index in [2.05, 4.69) is 5.32 Å². The van der Waals surface area contributed by atoms with Gasteiger partial charge in [0.15, 0.2) is 0 Å². The van der Waals surface area contributed by atoms with E-state index in [1.165, 1.54) is 12.1 Å². The van der Waals surface area contributed by atoms with Crippen LogP contribution in [0.5, 0.6) is 0 Å². The number of carbonyl (C=O) groups excluding carboxylic acids is 1. The van der Waals surface area contributed by atoms with Crippen molar-refractivity contribution in [3.63, 3.8) is 0 Å². The first-order chi connectivity index (χ1) is 10.5. The third-order valence-corrected chi connectivity index (χ3v) is 3.34. The summed E-state index contributed by atoms with van der Waals surface area (Å²) in [7, 11) is 0. The predicted molar refractivity (Wildman–Crippen MR) is 85.6 cm³/mol. The molecule has 2 aromatic carbocycles. The molecule has 0 aliphatic carbocycles. The van der Waals surface area contributed by atoms with E-state index in [4.69, 9.17) is 10.5 Å². The Morgan fingerprint density at radius 1 is 1.27 bits per heavy atom. The van der Waals surface area contributed by atoms with E-state index in [0.717, 1.165) is 11.3 Å². The topological polar surface area (TPSA) is 64.3 Å². The summed E-state index contributed by atoms with van der Waals surface area (Å²) in [5.74, 6) is -0.933. The van der Waals surface area contributed by atoms with Crippen molar-refractivity contribution in [3.05, 3.63) is 53.8 Å². The van der Waals surface area contributed by atoms with Crippen LogP contribution in [-0.4, -0.2) is 12.6 Å². The highest BCUT2D eigenvalue weighted by atomic mass is 19.1. The lowest BCUT2D eigenvalue weighted by Crippen LogP contribution is -2.12. The van der Waals surface area contributed by atoms with Crippen LogP contribution in [-0.2, 0) is 9.53 Å². The molecule has 0 bridgehead atoms. The fraction of sp³-hybridized carbons (Fsp3) is 0.235. The quantitative estimate of drug-likeness (QED) is 0.651. The number of carbonyl (C=O) groups is 1. The van der Waals surface area contributed by atoms with Gasteiger partial charge in [0.05, 0.1) is 23.9 Å². The first-order valence-electron chi connectivity index (χ1n) is 7.10. The third-order valence-electron chi connectivity index (χ3n) is 3.34. The number of hydrogen-bond acceptors (Lipinski definition) is 4. The standard InChI is InChI=1S/C17H19FN2O2/c1-3-22-17(21)11(2)12-4-7-14(8-5-12)20-16-9-6-13(18)10-15(16)19/h4-11,20H,3,19H2,1-2H3. The summed E-state index contributed by atoms with van der Waals surface area (Å²) in [4.78, 5) is 11.7. The molecule has 0 saturated heterocycles. The maximum absolute atomic E-state index is 13.0. The molecule has 5 heteroatoms. The minimum atomic E-state index is -0.373.